The number of nitrogens with one attached hydrogen (secondary N) is 1. The molecule has 1 spiro atoms. The summed E-state index contributed by atoms with van der Waals surface area (Å²) < 4.78 is 5.15. The van der Waals surface area contributed by atoms with Crippen LogP contribution in [0.2, 0.25) is 0 Å². The number of ether oxygens (including phenoxy) is 1. The molecule has 2 fully saturated rings. The molecule has 2 rings (SSSR count). The van der Waals surface area contributed by atoms with Gasteiger partial charge in [-0.2, -0.15) is 0 Å². The molecule has 1 unspecified atom stereocenters. The maximum absolute atomic E-state index is 5.15. The first kappa shape index (κ1) is 5.69. The molecule has 1 N–H and O–H groups in total. The van der Waals surface area contributed by atoms with Gasteiger partial charge in [0, 0.05) is 0 Å². The molecule has 2 nitrogen and oxygen atoms in total. The van der Waals surface area contributed by atoms with Crippen molar-refractivity contribution in [3.63, 3.8) is 0 Å². The van der Waals surface area contributed by atoms with Crippen molar-refractivity contribution in [2.45, 2.75) is 18.9 Å². The van der Waals surface area contributed by atoms with Crippen molar-refractivity contribution in [2.24, 2.45) is 5.92 Å². The van der Waals surface area contributed by atoms with Crippen molar-refractivity contribution >= 4 is 0 Å². The van der Waals surface area contributed by atoms with Gasteiger partial charge in [0.05, 0.1) is 18.8 Å². The zero-order valence-corrected chi connectivity index (χ0v) is 5.81. The molecule has 52 valence electrons. The third-order valence-electron chi connectivity index (χ3n) is 2.32. The van der Waals surface area contributed by atoms with Crippen LogP contribution in [0.4, 0.5) is 0 Å². The van der Waals surface area contributed by atoms with E-state index >= 15 is 0 Å². The van der Waals surface area contributed by atoms with Crippen LogP contribution >= 0.6 is 0 Å². The van der Waals surface area contributed by atoms with Crippen molar-refractivity contribution in [1.29, 1.82) is 0 Å². The average Bonchev–Trinajstić information content (AvgIpc) is 2.09. The molecule has 2 aliphatic heterocycles. The minimum atomic E-state index is 0.416. The number of hydrogen-bond acceptors (Lipinski definition) is 2. The van der Waals surface area contributed by atoms with E-state index < -0.39 is 0 Å². The third kappa shape index (κ3) is 0.775. The van der Waals surface area contributed by atoms with Crippen molar-refractivity contribution in [2.75, 3.05) is 19.8 Å². The van der Waals surface area contributed by atoms with Crippen LogP contribution in [0.25, 0.3) is 0 Å². The fraction of sp³-hybridized carbons (Fsp3) is 1.00. The van der Waals surface area contributed by atoms with Crippen LogP contribution in [0.15, 0.2) is 0 Å². The first-order chi connectivity index (χ1) is 4.31. The molecule has 0 saturated carbocycles. The molecule has 2 saturated heterocycles. The molecule has 0 amide bonds. The molecule has 0 radical (unpaired) electrons. The second-order valence-electron chi connectivity index (χ2n) is 3.46. The van der Waals surface area contributed by atoms with Gasteiger partial charge in [-0.25, -0.2) is 0 Å². The summed E-state index contributed by atoms with van der Waals surface area (Å²) in [6.45, 7) is 5.36. The Hall–Kier alpha value is -0.0800. The predicted octanol–water partition coefficient (Wildman–Crippen LogP) is 0.385. The van der Waals surface area contributed by atoms with E-state index in [1.165, 1.54) is 13.0 Å². The van der Waals surface area contributed by atoms with Gasteiger partial charge >= 0.3 is 0 Å². The van der Waals surface area contributed by atoms with E-state index in [4.69, 9.17) is 4.74 Å². The lowest BCUT2D eigenvalue weighted by Gasteiger charge is -2.38. The van der Waals surface area contributed by atoms with Crippen molar-refractivity contribution in [3.05, 3.63) is 0 Å². The van der Waals surface area contributed by atoms with Gasteiger partial charge in [0.15, 0.2) is 0 Å². The summed E-state index contributed by atoms with van der Waals surface area (Å²) in [6, 6.07) is 0. The molecule has 0 aliphatic carbocycles. The molecular weight excluding hydrogens is 114 g/mol. The third-order valence-corrected chi connectivity index (χ3v) is 2.32. The van der Waals surface area contributed by atoms with E-state index in [0.717, 1.165) is 19.1 Å². The van der Waals surface area contributed by atoms with E-state index in [-0.39, 0.29) is 0 Å². The molecule has 2 heterocycles. The van der Waals surface area contributed by atoms with E-state index in [0.29, 0.717) is 5.54 Å². The summed E-state index contributed by atoms with van der Waals surface area (Å²) in [5.41, 5.74) is 0.416. The molecule has 0 aromatic heterocycles. The van der Waals surface area contributed by atoms with Crippen molar-refractivity contribution in [3.8, 4) is 0 Å². The van der Waals surface area contributed by atoms with Crippen LogP contribution in [0.1, 0.15) is 13.3 Å². The largest absolute Gasteiger partial charge is 0.377 e. The lowest BCUT2D eigenvalue weighted by molar-refractivity contribution is -0.0656. The lowest BCUT2D eigenvalue weighted by Crippen LogP contribution is -2.56. The smallest absolute Gasteiger partial charge is 0.0672 e. The van der Waals surface area contributed by atoms with Gasteiger partial charge in [0.1, 0.15) is 0 Å². The molecule has 0 aromatic rings. The maximum Gasteiger partial charge on any atom is 0.0672 e. The summed E-state index contributed by atoms with van der Waals surface area (Å²) >= 11 is 0. The highest BCUT2D eigenvalue weighted by atomic mass is 16.5. The maximum atomic E-state index is 5.15. The summed E-state index contributed by atoms with van der Waals surface area (Å²) in [4.78, 5) is 0. The molecular formula is C7H13NO. The summed E-state index contributed by atoms with van der Waals surface area (Å²) in [6.07, 6.45) is 1.31. The summed E-state index contributed by atoms with van der Waals surface area (Å²) in [7, 11) is 0. The number of rotatable bonds is 0. The van der Waals surface area contributed by atoms with Gasteiger partial charge in [-0.1, -0.05) is 6.92 Å². The Morgan fingerprint density at radius 2 is 2.33 bits per heavy atom. The summed E-state index contributed by atoms with van der Waals surface area (Å²) in [5.74, 6) is 0.855. The van der Waals surface area contributed by atoms with Crippen LogP contribution in [0.5, 0.6) is 0 Å². The Kier molecular flexibility index (Phi) is 1.08. The highest BCUT2D eigenvalue weighted by Gasteiger charge is 2.43. The second kappa shape index (κ2) is 1.70. The Bertz CT molecular complexity index is 120. The van der Waals surface area contributed by atoms with Gasteiger partial charge in [-0.3, -0.25) is 0 Å². The van der Waals surface area contributed by atoms with Crippen LogP contribution in [0.3, 0.4) is 0 Å². The minimum absolute atomic E-state index is 0.416. The standard InChI is InChI=1S/C7H13NO/c1-6-2-7(8-3-6)4-9-5-7/h6,8H,2-5H2,1H3. The van der Waals surface area contributed by atoms with Gasteiger partial charge in [0.2, 0.25) is 0 Å². The van der Waals surface area contributed by atoms with E-state index in [9.17, 15) is 0 Å². The Labute approximate surface area is 55.6 Å². The highest BCUT2D eigenvalue weighted by Crippen LogP contribution is 2.30. The topological polar surface area (TPSA) is 21.3 Å². The Morgan fingerprint density at radius 1 is 1.56 bits per heavy atom. The molecule has 2 aliphatic rings. The molecule has 9 heavy (non-hydrogen) atoms. The van der Waals surface area contributed by atoms with Crippen LogP contribution in [-0.2, 0) is 4.74 Å². The first-order valence-electron chi connectivity index (χ1n) is 3.64. The summed E-state index contributed by atoms with van der Waals surface area (Å²) in [5, 5.41) is 3.49. The van der Waals surface area contributed by atoms with Crippen molar-refractivity contribution < 1.29 is 4.74 Å². The van der Waals surface area contributed by atoms with E-state index in [2.05, 4.69) is 12.2 Å². The zero-order valence-electron chi connectivity index (χ0n) is 5.81. The van der Waals surface area contributed by atoms with Gasteiger partial charge in [0.25, 0.3) is 0 Å². The monoisotopic (exact) mass is 127 g/mol. The predicted molar refractivity (Wildman–Crippen MR) is 35.3 cm³/mol. The van der Waals surface area contributed by atoms with Gasteiger partial charge < -0.3 is 10.1 Å². The quantitative estimate of drug-likeness (QED) is 0.508. The molecule has 2 heteroatoms. The van der Waals surface area contributed by atoms with Crippen LogP contribution in [0, 0.1) is 5.92 Å². The SMILES string of the molecule is CC1CNC2(COC2)C1. The minimum Gasteiger partial charge on any atom is -0.377 e. The second-order valence-corrected chi connectivity index (χ2v) is 3.46. The normalized spacial score (nSPS) is 39.0. The zero-order chi connectivity index (χ0) is 6.32. The van der Waals surface area contributed by atoms with Gasteiger partial charge in [-0.05, 0) is 18.9 Å². The average molecular weight is 127 g/mol. The van der Waals surface area contributed by atoms with E-state index in [1.807, 2.05) is 0 Å². The fourth-order valence-corrected chi connectivity index (χ4v) is 1.77. The molecule has 0 bridgehead atoms. The Morgan fingerprint density at radius 3 is 2.56 bits per heavy atom. The van der Waals surface area contributed by atoms with Crippen LogP contribution in [-0.4, -0.2) is 25.3 Å². The van der Waals surface area contributed by atoms with Crippen molar-refractivity contribution in [1.82, 2.24) is 5.32 Å². The van der Waals surface area contributed by atoms with E-state index in [1.54, 1.807) is 0 Å². The number of hydrogen-bond donors (Lipinski definition) is 1. The van der Waals surface area contributed by atoms with Gasteiger partial charge in [-0.15, -0.1) is 0 Å². The highest BCUT2D eigenvalue weighted by molar-refractivity contribution is 5.00. The van der Waals surface area contributed by atoms with Crippen LogP contribution < -0.4 is 5.32 Å². The molecule has 0 aromatic carbocycles. The first-order valence-corrected chi connectivity index (χ1v) is 3.64. The Balaban J connectivity index is 1.99. The lowest BCUT2D eigenvalue weighted by atomic mass is 9.92. The fourth-order valence-electron chi connectivity index (χ4n) is 1.77. The molecule has 1 atom stereocenters.